The molecule has 3 aromatic rings. The lowest BCUT2D eigenvalue weighted by Crippen LogP contribution is -2.53. The van der Waals surface area contributed by atoms with Gasteiger partial charge in [0.1, 0.15) is 11.5 Å². The third-order valence-corrected chi connectivity index (χ3v) is 14.6. The maximum absolute atomic E-state index is 14.1. The molecule has 0 saturated carbocycles. The Labute approximate surface area is 275 Å². The molecular weight excluding hydrogens is 625 g/mol. The summed E-state index contributed by atoms with van der Waals surface area (Å²) in [5.41, 5.74) is 2.13. The standard InChI is InChI=1S/C35H43F3N4O4Si/c1-22-8-9-25(41-31(43)23-10-13-39-29(19-23)35(36,37)38)20-26(22)24-18-28-30(40-21-24)42(14-17-46-47(6,7)33(2,3)4)32(44)27-11-15-45-16-12-34(27,28)5/h8-10,13,18-21,27H,11-12,14-17H2,1-7H3,(H,41,43)/t27?,34-/m0/s1. The minimum Gasteiger partial charge on any atom is -0.415 e. The molecule has 47 heavy (non-hydrogen) atoms. The van der Waals surface area contributed by atoms with Crippen LogP contribution in [0, 0.1) is 12.8 Å². The number of anilines is 2. The van der Waals surface area contributed by atoms with Gasteiger partial charge in [0.2, 0.25) is 5.91 Å². The summed E-state index contributed by atoms with van der Waals surface area (Å²) in [5.74, 6) is -0.302. The molecule has 0 spiro atoms. The summed E-state index contributed by atoms with van der Waals surface area (Å²) >= 11 is 0. The van der Waals surface area contributed by atoms with Gasteiger partial charge in [0.05, 0.1) is 12.5 Å². The number of rotatable bonds is 7. The zero-order chi connectivity index (χ0) is 34.4. The number of carbonyl (C=O) groups excluding carboxylic acids is 2. The van der Waals surface area contributed by atoms with Gasteiger partial charge in [-0.3, -0.25) is 19.5 Å². The molecule has 2 aromatic heterocycles. The van der Waals surface area contributed by atoms with E-state index in [0.717, 1.165) is 34.5 Å². The minimum atomic E-state index is -4.66. The van der Waals surface area contributed by atoms with Gasteiger partial charge in [0.15, 0.2) is 8.32 Å². The van der Waals surface area contributed by atoms with E-state index in [9.17, 15) is 22.8 Å². The number of ether oxygens (including phenoxy) is 1. The van der Waals surface area contributed by atoms with E-state index < -0.39 is 31.5 Å². The number of halogens is 3. The van der Waals surface area contributed by atoms with Crippen LogP contribution in [0.4, 0.5) is 24.7 Å². The molecule has 0 aliphatic carbocycles. The van der Waals surface area contributed by atoms with Crippen LogP contribution in [-0.4, -0.2) is 56.5 Å². The lowest BCUT2D eigenvalue weighted by Gasteiger charge is -2.45. The predicted molar refractivity (Wildman–Crippen MR) is 178 cm³/mol. The lowest BCUT2D eigenvalue weighted by molar-refractivity contribution is -0.141. The largest absolute Gasteiger partial charge is 0.433 e. The number of aromatic nitrogens is 2. The van der Waals surface area contributed by atoms with Gasteiger partial charge in [0, 0.05) is 59.9 Å². The van der Waals surface area contributed by atoms with Crippen LogP contribution in [0.5, 0.6) is 0 Å². The van der Waals surface area contributed by atoms with E-state index in [2.05, 4.69) is 57.2 Å². The van der Waals surface area contributed by atoms with E-state index in [1.807, 2.05) is 13.0 Å². The number of hydrogen-bond donors (Lipinski definition) is 1. The maximum atomic E-state index is 14.1. The third-order valence-electron chi connectivity index (χ3n) is 10.1. The first-order chi connectivity index (χ1) is 21.9. The van der Waals surface area contributed by atoms with Crippen molar-refractivity contribution in [1.82, 2.24) is 9.97 Å². The van der Waals surface area contributed by atoms with Gasteiger partial charge >= 0.3 is 6.18 Å². The van der Waals surface area contributed by atoms with E-state index in [-0.39, 0.29) is 22.4 Å². The molecule has 0 radical (unpaired) electrons. The second kappa shape index (κ2) is 12.8. The first-order valence-electron chi connectivity index (χ1n) is 15.9. The van der Waals surface area contributed by atoms with Crippen molar-refractivity contribution in [2.24, 2.45) is 5.92 Å². The number of pyridine rings is 2. The molecule has 5 rings (SSSR count). The molecule has 2 aliphatic rings. The molecule has 1 unspecified atom stereocenters. The summed E-state index contributed by atoms with van der Waals surface area (Å²) in [6.45, 7) is 16.8. The number of hydrogen-bond acceptors (Lipinski definition) is 6. The van der Waals surface area contributed by atoms with Gasteiger partial charge in [-0.25, -0.2) is 4.98 Å². The molecule has 252 valence electrons. The SMILES string of the molecule is Cc1ccc(NC(=O)c2ccnc(C(F)(F)F)c2)cc1-c1cnc2c(c1)[C@@]1(C)CCOCCC1C(=O)N2CCO[Si](C)(C)C(C)(C)C. The number of nitrogens with one attached hydrogen (secondary N) is 1. The van der Waals surface area contributed by atoms with Crippen molar-refractivity contribution < 1.29 is 31.9 Å². The fourth-order valence-corrected chi connectivity index (χ4v) is 7.13. The number of benzene rings is 1. The van der Waals surface area contributed by atoms with E-state index in [1.165, 1.54) is 6.07 Å². The molecule has 1 saturated heterocycles. The van der Waals surface area contributed by atoms with Gasteiger partial charge in [-0.1, -0.05) is 33.8 Å². The maximum Gasteiger partial charge on any atom is 0.433 e. The summed E-state index contributed by atoms with van der Waals surface area (Å²) in [6.07, 6.45) is -0.695. The summed E-state index contributed by atoms with van der Waals surface area (Å²) in [6, 6.07) is 9.40. The summed E-state index contributed by atoms with van der Waals surface area (Å²) < 4.78 is 51.8. The minimum absolute atomic E-state index is 0.0373. The van der Waals surface area contributed by atoms with Crippen molar-refractivity contribution in [2.75, 3.05) is 36.6 Å². The van der Waals surface area contributed by atoms with Crippen LogP contribution in [0.25, 0.3) is 11.1 Å². The van der Waals surface area contributed by atoms with Crippen molar-refractivity contribution in [2.45, 2.75) is 77.2 Å². The van der Waals surface area contributed by atoms with Crippen LogP contribution >= 0.6 is 0 Å². The number of aryl methyl sites for hydroxylation is 1. The Hall–Kier alpha value is -3.61. The summed E-state index contributed by atoms with van der Waals surface area (Å²) in [7, 11) is -2.03. The third kappa shape index (κ3) is 7.00. The molecule has 4 heterocycles. The fourth-order valence-electron chi connectivity index (χ4n) is 6.10. The van der Waals surface area contributed by atoms with Gasteiger partial charge in [-0.15, -0.1) is 0 Å². The van der Waals surface area contributed by atoms with Crippen molar-refractivity contribution >= 4 is 31.6 Å². The predicted octanol–water partition coefficient (Wildman–Crippen LogP) is 7.78. The highest BCUT2D eigenvalue weighted by atomic mass is 28.4. The van der Waals surface area contributed by atoms with E-state index in [1.54, 1.807) is 23.2 Å². The molecule has 2 amide bonds. The van der Waals surface area contributed by atoms with E-state index >= 15 is 0 Å². The number of carbonyl (C=O) groups is 2. The number of alkyl halides is 3. The fraction of sp³-hybridized carbons (Fsp3) is 0.486. The van der Waals surface area contributed by atoms with Crippen molar-refractivity contribution in [3.63, 3.8) is 0 Å². The first-order valence-corrected chi connectivity index (χ1v) is 18.8. The number of nitrogens with zero attached hydrogens (tertiary/aromatic N) is 3. The lowest BCUT2D eigenvalue weighted by atomic mass is 9.66. The Kier molecular flexibility index (Phi) is 9.44. The molecule has 1 aromatic carbocycles. The Morgan fingerprint density at radius 3 is 2.57 bits per heavy atom. The number of amides is 2. The van der Waals surface area contributed by atoms with Gasteiger partial charge in [-0.05, 0) is 79.4 Å². The molecular formula is C35H43F3N4O4Si. The Morgan fingerprint density at radius 2 is 1.87 bits per heavy atom. The molecule has 1 N–H and O–H groups in total. The normalized spacial score (nSPS) is 20.3. The van der Waals surface area contributed by atoms with Crippen molar-refractivity contribution in [3.05, 3.63) is 71.2 Å². The van der Waals surface area contributed by atoms with E-state index in [0.29, 0.717) is 50.7 Å². The van der Waals surface area contributed by atoms with Crippen LogP contribution in [0.15, 0.2) is 48.8 Å². The summed E-state index contributed by atoms with van der Waals surface area (Å²) in [5, 5.41) is 2.76. The Bertz CT molecular complexity index is 1670. The van der Waals surface area contributed by atoms with Gasteiger partial charge < -0.3 is 14.5 Å². The second-order valence-corrected chi connectivity index (χ2v) is 19.0. The van der Waals surface area contributed by atoms with Crippen LogP contribution in [0.3, 0.4) is 0 Å². The average molecular weight is 669 g/mol. The topological polar surface area (TPSA) is 93.7 Å². The smallest absolute Gasteiger partial charge is 0.415 e. The van der Waals surface area contributed by atoms with Crippen LogP contribution in [-0.2, 0) is 25.5 Å². The zero-order valence-electron chi connectivity index (χ0n) is 28.0. The zero-order valence-corrected chi connectivity index (χ0v) is 29.0. The van der Waals surface area contributed by atoms with Gasteiger partial charge in [-0.2, -0.15) is 13.2 Å². The van der Waals surface area contributed by atoms with E-state index in [4.69, 9.17) is 14.1 Å². The van der Waals surface area contributed by atoms with Gasteiger partial charge in [0.25, 0.3) is 5.91 Å². The molecule has 2 atom stereocenters. The van der Waals surface area contributed by atoms with Crippen molar-refractivity contribution in [3.8, 4) is 11.1 Å². The second-order valence-electron chi connectivity index (χ2n) is 14.2. The van der Waals surface area contributed by atoms with Crippen LogP contribution < -0.4 is 10.2 Å². The Balaban J connectivity index is 1.48. The van der Waals surface area contributed by atoms with Crippen molar-refractivity contribution in [1.29, 1.82) is 0 Å². The average Bonchev–Trinajstić information content (AvgIpc) is 3.21. The monoisotopic (exact) mass is 668 g/mol. The highest BCUT2D eigenvalue weighted by Crippen LogP contribution is 2.49. The molecule has 1 fully saturated rings. The molecule has 0 bridgehead atoms. The highest BCUT2D eigenvalue weighted by molar-refractivity contribution is 6.74. The quantitative estimate of drug-likeness (QED) is 0.259. The van der Waals surface area contributed by atoms with Crippen LogP contribution in [0.1, 0.15) is 67.7 Å². The van der Waals surface area contributed by atoms with Crippen LogP contribution in [0.2, 0.25) is 18.1 Å². The molecule has 2 aliphatic heterocycles. The molecule has 8 nitrogen and oxygen atoms in total. The highest BCUT2D eigenvalue weighted by Gasteiger charge is 2.50. The first kappa shape index (κ1) is 34.7. The Morgan fingerprint density at radius 1 is 1.13 bits per heavy atom. The summed E-state index contributed by atoms with van der Waals surface area (Å²) in [4.78, 5) is 37.0. The molecule has 12 heteroatoms. The number of fused-ring (bicyclic) bond motifs is 3.